The van der Waals surface area contributed by atoms with Crippen molar-refractivity contribution in [1.29, 1.82) is 0 Å². The second-order valence-electron chi connectivity index (χ2n) is 7.11. The first kappa shape index (κ1) is 15.0. The van der Waals surface area contributed by atoms with Gasteiger partial charge in [0.05, 0.1) is 10.0 Å². The molecule has 0 saturated heterocycles. The maximum absolute atomic E-state index is 13.5. The van der Waals surface area contributed by atoms with Gasteiger partial charge in [-0.25, -0.2) is 9.18 Å². The summed E-state index contributed by atoms with van der Waals surface area (Å²) >= 11 is 3.13. The van der Waals surface area contributed by atoms with Crippen LogP contribution in [-0.4, -0.2) is 12.1 Å². The molecule has 2 fully saturated rings. The zero-order valence-corrected chi connectivity index (χ0v) is 14.2. The SMILES string of the molecule is CC1(C)C2CCC1(C)C(OC(=O)c1cccc(F)c1Br)C2. The third kappa shape index (κ3) is 2.06. The number of hydrogen-bond donors (Lipinski definition) is 0. The Morgan fingerprint density at radius 1 is 1.38 bits per heavy atom. The van der Waals surface area contributed by atoms with E-state index in [1.165, 1.54) is 18.6 Å². The van der Waals surface area contributed by atoms with Crippen LogP contribution in [-0.2, 0) is 4.74 Å². The van der Waals surface area contributed by atoms with Crippen molar-refractivity contribution in [3.63, 3.8) is 0 Å². The lowest BCUT2D eigenvalue weighted by molar-refractivity contribution is -0.0243. The lowest BCUT2D eigenvalue weighted by Gasteiger charge is -2.38. The smallest absolute Gasteiger partial charge is 0.339 e. The molecule has 0 aliphatic heterocycles. The molecule has 2 aliphatic rings. The molecule has 0 heterocycles. The number of esters is 1. The Bertz CT molecular complexity index is 598. The molecule has 3 unspecified atom stereocenters. The number of carbonyl (C=O) groups excluding carboxylic acids is 1. The molecule has 0 spiro atoms. The molecule has 2 nitrogen and oxygen atoms in total. The average Bonchev–Trinajstić information content (AvgIpc) is 2.75. The number of ether oxygens (including phenoxy) is 1. The summed E-state index contributed by atoms with van der Waals surface area (Å²) in [7, 11) is 0. The molecule has 1 aromatic rings. The first-order chi connectivity index (χ1) is 9.77. The summed E-state index contributed by atoms with van der Waals surface area (Å²) in [5, 5.41) is 0. The minimum Gasteiger partial charge on any atom is -0.458 e. The van der Waals surface area contributed by atoms with Crippen molar-refractivity contribution < 1.29 is 13.9 Å². The van der Waals surface area contributed by atoms with Gasteiger partial charge >= 0.3 is 5.97 Å². The van der Waals surface area contributed by atoms with Gasteiger partial charge in [0.2, 0.25) is 0 Å². The van der Waals surface area contributed by atoms with Crippen LogP contribution >= 0.6 is 15.9 Å². The van der Waals surface area contributed by atoms with Crippen molar-refractivity contribution in [2.75, 3.05) is 0 Å². The van der Waals surface area contributed by atoms with E-state index in [-0.39, 0.29) is 27.0 Å². The minimum absolute atomic E-state index is 0.0210. The van der Waals surface area contributed by atoms with Crippen molar-refractivity contribution in [2.45, 2.75) is 46.1 Å². The van der Waals surface area contributed by atoms with Crippen LogP contribution in [0.3, 0.4) is 0 Å². The van der Waals surface area contributed by atoms with E-state index in [1.807, 2.05) is 0 Å². The van der Waals surface area contributed by atoms with Gasteiger partial charge < -0.3 is 4.74 Å². The Morgan fingerprint density at radius 3 is 2.67 bits per heavy atom. The molecule has 2 aliphatic carbocycles. The number of benzene rings is 1. The van der Waals surface area contributed by atoms with Crippen LogP contribution in [0.1, 0.15) is 50.4 Å². The van der Waals surface area contributed by atoms with Gasteiger partial charge in [0, 0.05) is 5.41 Å². The highest BCUT2D eigenvalue weighted by molar-refractivity contribution is 9.10. The van der Waals surface area contributed by atoms with E-state index < -0.39 is 11.8 Å². The third-order valence-corrected chi connectivity index (χ3v) is 6.94. The summed E-state index contributed by atoms with van der Waals surface area (Å²) in [4.78, 5) is 12.4. The van der Waals surface area contributed by atoms with E-state index in [4.69, 9.17) is 4.74 Å². The third-order valence-electron chi connectivity index (χ3n) is 6.13. The lowest BCUT2D eigenvalue weighted by Crippen LogP contribution is -2.38. The van der Waals surface area contributed by atoms with Gasteiger partial charge in [0.25, 0.3) is 0 Å². The maximum atomic E-state index is 13.5. The van der Waals surface area contributed by atoms with Gasteiger partial charge in [-0.1, -0.05) is 26.8 Å². The van der Waals surface area contributed by atoms with Crippen molar-refractivity contribution in [3.05, 3.63) is 34.1 Å². The molecule has 1 aromatic carbocycles. The number of carbonyl (C=O) groups is 1. The fourth-order valence-corrected chi connectivity index (χ4v) is 4.59. The summed E-state index contributed by atoms with van der Waals surface area (Å²) in [6.07, 6.45) is 3.14. The van der Waals surface area contributed by atoms with Gasteiger partial charge in [-0.2, -0.15) is 0 Å². The second kappa shape index (κ2) is 4.80. The van der Waals surface area contributed by atoms with Crippen LogP contribution < -0.4 is 0 Å². The van der Waals surface area contributed by atoms with Gasteiger partial charge in [-0.3, -0.25) is 0 Å². The lowest BCUT2D eigenvalue weighted by atomic mass is 9.70. The molecular formula is C17H20BrFO2. The monoisotopic (exact) mass is 354 g/mol. The van der Waals surface area contributed by atoms with Crippen LogP contribution in [0.15, 0.2) is 22.7 Å². The predicted molar refractivity (Wildman–Crippen MR) is 82.5 cm³/mol. The summed E-state index contributed by atoms with van der Waals surface area (Å²) in [5.74, 6) is -0.267. The number of halogens is 2. The Hall–Kier alpha value is -0.900. The first-order valence-electron chi connectivity index (χ1n) is 7.42. The Kier molecular flexibility index (Phi) is 3.43. The fraction of sp³-hybridized carbons (Fsp3) is 0.588. The summed E-state index contributed by atoms with van der Waals surface area (Å²) in [6, 6.07) is 4.45. The highest BCUT2D eigenvalue weighted by atomic mass is 79.9. The van der Waals surface area contributed by atoms with Gasteiger partial charge in [0.1, 0.15) is 11.9 Å². The van der Waals surface area contributed by atoms with Crippen molar-refractivity contribution in [2.24, 2.45) is 16.7 Å². The zero-order chi connectivity index (χ0) is 15.4. The quantitative estimate of drug-likeness (QED) is 0.701. The second-order valence-corrected chi connectivity index (χ2v) is 7.90. The molecule has 0 amide bonds. The Morgan fingerprint density at radius 2 is 2.10 bits per heavy atom. The molecule has 2 bridgehead atoms. The van der Waals surface area contributed by atoms with Crippen LogP contribution in [0.5, 0.6) is 0 Å². The van der Waals surface area contributed by atoms with E-state index >= 15 is 0 Å². The molecule has 0 radical (unpaired) electrons. The standard InChI is InChI=1S/C17H20BrFO2/c1-16(2)10-7-8-17(16,3)13(9-10)21-15(20)11-5-4-6-12(19)14(11)18/h4-6,10,13H,7-9H2,1-3H3. The maximum Gasteiger partial charge on any atom is 0.339 e. The van der Waals surface area contributed by atoms with E-state index in [0.717, 1.165) is 12.8 Å². The molecule has 3 atom stereocenters. The fourth-order valence-electron chi connectivity index (χ4n) is 4.16. The number of rotatable bonds is 2. The molecule has 21 heavy (non-hydrogen) atoms. The van der Waals surface area contributed by atoms with Crippen LogP contribution in [0.25, 0.3) is 0 Å². The van der Waals surface area contributed by atoms with Crippen LogP contribution in [0.4, 0.5) is 4.39 Å². The molecule has 0 N–H and O–H groups in total. The molecule has 2 saturated carbocycles. The Balaban J connectivity index is 1.82. The van der Waals surface area contributed by atoms with Crippen molar-refractivity contribution in [1.82, 2.24) is 0 Å². The van der Waals surface area contributed by atoms with E-state index in [2.05, 4.69) is 36.7 Å². The largest absolute Gasteiger partial charge is 0.458 e. The van der Waals surface area contributed by atoms with E-state index in [0.29, 0.717) is 5.92 Å². The van der Waals surface area contributed by atoms with Gasteiger partial charge in [-0.05, 0) is 58.7 Å². The predicted octanol–water partition coefficient (Wildman–Crippen LogP) is 4.96. The summed E-state index contributed by atoms with van der Waals surface area (Å²) < 4.78 is 19.5. The Labute approximate surface area is 133 Å². The number of fused-ring (bicyclic) bond motifs is 2. The molecule has 0 aromatic heterocycles. The first-order valence-corrected chi connectivity index (χ1v) is 8.21. The summed E-state index contributed by atoms with van der Waals surface area (Å²) in [5.41, 5.74) is 0.476. The topological polar surface area (TPSA) is 26.3 Å². The number of hydrogen-bond acceptors (Lipinski definition) is 2. The van der Waals surface area contributed by atoms with Crippen LogP contribution in [0, 0.1) is 22.6 Å². The summed E-state index contributed by atoms with van der Waals surface area (Å²) in [6.45, 7) is 6.77. The van der Waals surface area contributed by atoms with Gasteiger partial charge in [-0.15, -0.1) is 0 Å². The molecule has 114 valence electrons. The van der Waals surface area contributed by atoms with E-state index in [1.54, 1.807) is 6.07 Å². The van der Waals surface area contributed by atoms with Crippen LogP contribution in [0.2, 0.25) is 0 Å². The highest BCUT2D eigenvalue weighted by Gasteiger charge is 2.62. The minimum atomic E-state index is -0.441. The molecule has 3 rings (SSSR count). The van der Waals surface area contributed by atoms with Gasteiger partial charge in [0.15, 0.2) is 0 Å². The van der Waals surface area contributed by atoms with Crippen molar-refractivity contribution >= 4 is 21.9 Å². The molecular weight excluding hydrogens is 335 g/mol. The van der Waals surface area contributed by atoms with E-state index in [9.17, 15) is 9.18 Å². The zero-order valence-electron chi connectivity index (χ0n) is 12.6. The molecule has 4 heteroatoms. The highest BCUT2D eigenvalue weighted by Crippen LogP contribution is 2.66. The van der Waals surface area contributed by atoms with Crippen molar-refractivity contribution in [3.8, 4) is 0 Å². The average molecular weight is 355 g/mol. The normalized spacial score (nSPS) is 33.2.